The number of nitrogen functional groups attached to an aromatic ring is 2. The van der Waals surface area contributed by atoms with Crippen LogP contribution in [0.2, 0.25) is 5.15 Å². The maximum Gasteiger partial charge on any atom is 0.223 e. The maximum absolute atomic E-state index is 6.10. The standard InChI is InChI=1S/C16H19ClN6O3.C2H6/c1-7-8(5-9(24-2)12(26-4)11(7)25-3)6-23-14-10(20-16(23)19)13(17)21-15(18)22-14;1-2/h5H,6H2,1-4H3,(H2,19,20)(H2,18,21,22);1-2H3. The summed E-state index contributed by atoms with van der Waals surface area (Å²) in [5.74, 6) is 1.94. The van der Waals surface area contributed by atoms with Gasteiger partial charge >= 0.3 is 0 Å². The van der Waals surface area contributed by atoms with E-state index < -0.39 is 0 Å². The van der Waals surface area contributed by atoms with E-state index in [0.717, 1.165) is 11.1 Å². The number of hydrogen-bond acceptors (Lipinski definition) is 8. The van der Waals surface area contributed by atoms with Gasteiger partial charge in [-0.1, -0.05) is 25.4 Å². The van der Waals surface area contributed by atoms with Gasteiger partial charge in [0.15, 0.2) is 22.3 Å². The Balaban J connectivity index is 0.00000136. The minimum absolute atomic E-state index is 0.0465. The first-order valence-corrected chi connectivity index (χ1v) is 9.02. The molecule has 9 nitrogen and oxygen atoms in total. The molecule has 3 rings (SSSR count). The molecule has 1 aromatic carbocycles. The van der Waals surface area contributed by atoms with E-state index in [9.17, 15) is 0 Å². The number of imidazole rings is 1. The van der Waals surface area contributed by atoms with Crippen molar-refractivity contribution in [1.82, 2.24) is 19.5 Å². The molecule has 0 bridgehead atoms. The zero-order chi connectivity index (χ0) is 21.0. The van der Waals surface area contributed by atoms with Crippen LogP contribution in [0.15, 0.2) is 6.07 Å². The summed E-state index contributed by atoms with van der Waals surface area (Å²) in [4.78, 5) is 12.4. The highest BCUT2D eigenvalue weighted by Crippen LogP contribution is 2.42. The lowest BCUT2D eigenvalue weighted by atomic mass is 10.1. The molecule has 0 radical (unpaired) electrons. The number of fused-ring (bicyclic) bond motifs is 1. The average molecular weight is 409 g/mol. The monoisotopic (exact) mass is 408 g/mol. The molecular weight excluding hydrogens is 384 g/mol. The molecule has 0 aliphatic heterocycles. The quantitative estimate of drug-likeness (QED) is 0.617. The van der Waals surface area contributed by atoms with Gasteiger partial charge in [-0.25, -0.2) is 4.98 Å². The summed E-state index contributed by atoms with van der Waals surface area (Å²) >= 11 is 6.10. The van der Waals surface area contributed by atoms with E-state index in [1.54, 1.807) is 25.9 Å². The third kappa shape index (κ3) is 3.70. The molecule has 2 aromatic heterocycles. The highest BCUT2D eigenvalue weighted by Gasteiger charge is 2.20. The molecule has 2 heterocycles. The van der Waals surface area contributed by atoms with Crippen molar-refractivity contribution >= 4 is 34.7 Å². The van der Waals surface area contributed by atoms with Crippen molar-refractivity contribution in [1.29, 1.82) is 0 Å². The van der Waals surface area contributed by atoms with Gasteiger partial charge in [0, 0.05) is 5.56 Å². The zero-order valence-electron chi connectivity index (χ0n) is 16.8. The SMILES string of the molecule is CC.COc1cc(Cn2c(N)nc3c(Cl)nc(N)nc32)c(C)c(OC)c1OC. The average Bonchev–Trinajstić information content (AvgIpc) is 3.00. The fraction of sp³-hybridized carbons (Fsp3) is 0.389. The smallest absolute Gasteiger partial charge is 0.223 e. The van der Waals surface area contributed by atoms with Crippen LogP contribution in [-0.2, 0) is 6.54 Å². The summed E-state index contributed by atoms with van der Waals surface area (Å²) in [6.07, 6.45) is 0. The van der Waals surface area contributed by atoms with Crippen LogP contribution in [0.3, 0.4) is 0 Å². The lowest BCUT2D eigenvalue weighted by molar-refractivity contribution is 0.322. The van der Waals surface area contributed by atoms with Crippen molar-refractivity contribution in [3.8, 4) is 17.2 Å². The number of rotatable bonds is 5. The van der Waals surface area contributed by atoms with Gasteiger partial charge in [-0.3, -0.25) is 4.57 Å². The predicted octanol–water partition coefficient (Wildman–Crippen LogP) is 3.05. The number of nitrogens with two attached hydrogens (primary N) is 2. The second kappa shape index (κ2) is 8.83. The molecular formula is C18H25ClN6O3. The normalized spacial score (nSPS) is 10.4. The van der Waals surface area contributed by atoms with E-state index in [1.165, 1.54) is 0 Å². The number of hydrogen-bond donors (Lipinski definition) is 2. The van der Waals surface area contributed by atoms with Gasteiger partial charge in [-0.15, -0.1) is 0 Å². The van der Waals surface area contributed by atoms with Gasteiger partial charge in [-0.2, -0.15) is 9.97 Å². The summed E-state index contributed by atoms with van der Waals surface area (Å²) in [6.45, 7) is 6.28. The molecule has 10 heteroatoms. The molecule has 0 fully saturated rings. The molecule has 4 N–H and O–H groups in total. The second-order valence-corrected chi connectivity index (χ2v) is 5.89. The zero-order valence-corrected chi connectivity index (χ0v) is 17.6. The first-order chi connectivity index (χ1) is 13.4. The fourth-order valence-corrected chi connectivity index (χ4v) is 3.05. The Kier molecular flexibility index (Phi) is 6.74. The van der Waals surface area contributed by atoms with Crippen LogP contribution in [-0.4, -0.2) is 40.8 Å². The molecule has 0 saturated carbocycles. The number of ether oxygens (including phenoxy) is 3. The lowest BCUT2D eigenvalue weighted by Crippen LogP contribution is -2.09. The topological polar surface area (TPSA) is 123 Å². The summed E-state index contributed by atoms with van der Waals surface area (Å²) < 4.78 is 18.0. The van der Waals surface area contributed by atoms with Crippen LogP contribution in [0.4, 0.5) is 11.9 Å². The van der Waals surface area contributed by atoms with Crippen LogP contribution in [0.1, 0.15) is 25.0 Å². The van der Waals surface area contributed by atoms with Gasteiger partial charge in [0.05, 0.1) is 27.9 Å². The van der Waals surface area contributed by atoms with E-state index in [-0.39, 0.29) is 17.0 Å². The number of benzene rings is 1. The third-order valence-electron chi connectivity index (χ3n) is 4.11. The number of aromatic nitrogens is 4. The van der Waals surface area contributed by atoms with E-state index >= 15 is 0 Å². The van der Waals surface area contributed by atoms with Crippen molar-refractivity contribution in [2.75, 3.05) is 32.8 Å². The highest BCUT2D eigenvalue weighted by atomic mass is 35.5. The minimum Gasteiger partial charge on any atom is -0.493 e. The van der Waals surface area contributed by atoms with Gasteiger partial charge in [0.1, 0.15) is 5.52 Å². The Bertz CT molecular complexity index is 990. The molecule has 0 unspecified atom stereocenters. The Hall–Kier alpha value is -2.94. The Morgan fingerprint density at radius 2 is 1.64 bits per heavy atom. The van der Waals surface area contributed by atoms with E-state index in [1.807, 2.05) is 26.8 Å². The molecule has 0 saturated heterocycles. The molecule has 0 amide bonds. The fourth-order valence-electron chi connectivity index (χ4n) is 2.84. The Morgan fingerprint density at radius 1 is 1.00 bits per heavy atom. The van der Waals surface area contributed by atoms with E-state index in [0.29, 0.717) is 35.0 Å². The Morgan fingerprint density at radius 3 is 2.21 bits per heavy atom. The number of methoxy groups -OCH3 is 3. The molecule has 3 aromatic rings. The first kappa shape index (κ1) is 21.4. The second-order valence-electron chi connectivity index (χ2n) is 5.53. The van der Waals surface area contributed by atoms with Crippen LogP contribution in [0, 0.1) is 6.92 Å². The lowest BCUT2D eigenvalue weighted by Gasteiger charge is -2.18. The van der Waals surface area contributed by atoms with Crippen molar-refractivity contribution < 1.29 is 14.2 Å². The summed E-state index contributed by atoms with van der Waals surface area (Å²) in [7, 11) is 4.69. The van der Waals surface area contributed by atoms with Crippen molar-refractivity contribution in [3.63, 3.8) is 0 Å². The number of anilines is 2. The number of nitrogens with zero attached hydrogens (tertiary/aromatic N) is 4. The van der Waals surface area contributed by atoms with Gasteiger partial charge in [0.25, 0.3) is 0 Å². The minimum atomic E-state index is 0.0465. The van der Waals surface area contributed by atoms with Crippen LogP contribution in [0.25, 0.3) is 11.2 Å². The summed E-state index contributed by atoms with van der Waals surface area (Å²) in [6, 6.07) is 1.86. The molecule has 152 valence electrons. The van der Waals surface area contributed by atoms with Crippen LogP contribution < -0.4 is 25.7 Å². The number of halogens is 1. The van der Waals surface area contributed by atoms with E-state index in [4.69, 9.17) is 37.3 Å². The van der Waals surface area contributed by atoms with Gasteiger partial charge in [0.2, 0.25) is 17.6 Å². The molecule has 0 aliphatic rings. The van der Waals surface area contributed by atoms with Gasteiger partial charge in [-0.05, 0) is 18.6 Å². The molecule has 0 aliphatic carbocycles. The molecule has 28 heavy (non-hydrogen) atoms. The summed E-state index contributed by atoms with van der Waals surface area (Å²) in [5, 5.41) is 0.152. The maximum atomic E-state index is 6.10. The van der Waals surface area contributed by atoms with Crippen LogP contribution >= 0.6 is 11.6 Å². The van der Waals surface area contributed by atoms with Crippen LogP contribution in [0.5, 0.6) is 17.2 Å². The Labute approximate surface area is 168 Å². The van der Waals surface area contributed by atoms with E-state index in [2.05, 4.69) is 15.0 Å². The summed E-state index contributed by atoms with van der Waals surface area (Å²) in [5.41, 5.74) is 14.4. The van der Waals surface area contributed by atoms with Gasteiger partial charge < -0.3 is 25.7 Å². The highest BCUT2D eigenvalue weighted by molar-refractivity contribution is 6.33. The first-order valence-electron chi connectivity index (χ1n) is 8.64. The van der Waals surface area contributed by atoms with Crippen molar-refractivity contribution in [2.24, 2.45) is 0 Å². The van der Waals surface area contributed by atoms with Crippen molar-refractivity contribution in [2.45, 2.75) is 27.3 Å². The van der Waals surface area contributed by atoms with Crippen molar-refractivity contribution in [3.05, 3.63) is 22.3 Å². The predicted molar refractivity (Wildman–Crippen MR) is 110 cm³/mol. The third-order valence-corrected chi connectivity index (χ3v) is 4.38. The molecule has 0 atom stereocenters. The largest absolute Gasteiger partial charge is 0.493 e. The molecule has 0 spiro atoms.